The predicted molar refractivity (Wildman–Crippen MR) is 53.8 cm³/mol. The SMILES string of the molecule is COC(=O)/C(N=O)=C(\O)c1ccccc1. The number of carbonyl (C=O) groups is 1. The number of aliphatic hydroxyl groups is 1. The Hall–Kier alpha value is -2.17. The molecule has 1 aromatic carbocycles. The summed E-state index contributed by atoms with van der Waals surface area (Å²) in [7, 11) is 1.10. The predicted octanol–water partition coefficient (Wildman–Crippen LogP) is 1.85. The number of carbonyl (C=O) groups excluding carboxylic acids is 1. The van der Waals surface area contributed by atoms with Crippen LogP contribution in [0.4, 0.5) is 0 Å². The lowest BCUT2D eigenvalue weighted by atomic mass is 10.1. The Kier molecular flexibility index (Phi) is 3.56. The average Bonchev–Trinajstić information content (AvgIpc) is 2.30. The molecule has 0 saturated heterocycles. The molecule has 0 saturated carbocycles. The van der Waals surface area contributed by atoms with Crippen LogP contribution in [0, 0.1) is 4.91 Å². The molecule has 0 unspecified atom stereocenters. The summed E-state index contributed by atoms with van der Waals surface area (Å²) in [4.78, 5) is 21.4. The molecule has 0 radical (unpaired) electrons. The first-order chi connectivity index (χ1) is 7.20. The van der Waals surface area contributed by atoms with E-state index in [0.29, 0.717) is 5.56 Å². The van der Waals surface area contributed by atoms with Crippen molar-refractivity contribution in [1.82, 2.24) is 0 Å². The summed E-state index contributed by atoms with van der Waals surface area (Å²) < 4.78 is 4.30. The molecule has 0 aliphatic heterocycles. The first-order valence-corrected chi connectivity index (χ1v) is 4.11. The summed E-state index contributed by atoms with van der Waals surface area (Å²) in [6.07, 6.45) is 0. The summed E-state index contributed by atoms with van der Waals surface area (Å²) in [6.45, 7) is 0. The third kappa shape index (κ3) is 2.40. The maximum Gasteiger partial charge on any atom is 0.364 e. The molecule has 0 heterocycles. The quantitative estimate of drug-likeness (QED) is 0.355. The van der Waals surface area contributed by atoms with E-state index >= 15 is 0 Å². The zero-order chi connectivity index (χ0) is 11.3. The molecule has 0 aliphatic carbocycles. The number of ether oxygens (including phenoxy) is 1. The molecule has 1 aromatic rings. The average molecular weight is 207 g/mol. The molecule has 78 valence electrons. The number of hydrogen-bond donors (Lipinski definition) is 1. The molecular weight excluding hydrogens is 198 g/mol. The molecule has 0 spiro atoms. The van der Waals surface area contributed by atoms with Gasteiger partial charge in [-0.2, -0.15) is 0 Å². The fourth-order valence-electron chi connectivity index (χ4n) is 1.01. The van der Waals surface area contributed by atoms with Gasteiger partial charge in [-0.3, -0.25) is 0 Å². The second-order valence-electron chi connectivity index (χ2n) is 2.65. The number of hydrogen-bond acceptors (Lipinski definition) is 5. The summed E-state index contributed by atoms with van der Waals surface area (Å²) in [5.41, 5.74) is -0.304. The minimum Gasteiger partial charge on any atom is -0.505 e. The highest BCUT2D eigenvalue weighted by Crippen LogP contribution is 2.17. The lowest BCUT2D eigenvalue weighted by Crippen LogP contribution is -2.05. The Labute approximate surface area is 86.0 Å². The van der Waals surface area contributed by atoms with Crippen LogP contribution in [-0.2, 0) is 9.53 Å². The van der Waals surface area contributed by atoms with Crippen LogP contribution in [0.3, 0.4) is 0 Å². The van der Waals surface area contributed by atoms with Crippen LogP contribution in [0.1, 0.15) is 5.56 Å². The van der Waals surface area contributed by atoms with E-state index in [0.717, 1.165) is 7.11 Å². The topological polar surface area (TPSA) is 76.0 Å². The Balaban J connectivity index is 3.18. The van der Waals surface area contributed by atoms with E-state index in [-0.39, 0.29) is 0 Å². The van der Waals surface area contributed by atoms with E-state index in [1.54, 1.807) is 30.3 Å². The second kappa shape index (κ2) is 4.90. The van der Waals surface area contributed by atoms with Gasteiger partial charge in [0.1, 0.15) is 0 Å². The van der Waals surface area contributed by atoms with E-state index in [1.165, 1.54) is 0 Å². The molecule has 0 aliphatic rings. The molecule has 1 N–H and O–H groups in total. The molecule has 0 atom stereocenters. The number of nitrogens with zero attached hydrogens (tertiary/aromatic N) is 1. The Bertz CT molecular complexity index is 397. The molecule has 0 aromatic heterocycles. The van der Waals surface area contributed by atoms with E-state index in [1.807, 2.05) is 0 Å². The first kappa shape index (κ1) is 10.9. The van der Waals surface area contributed by atoms with Crippen molar-refractivity contribution in [2.45, 2.75) is 0 Å². The third-order valence-corrected chi connectivity index (χ3v) is 1.74. The number of esters is 1. The van der Waals surface area contributed by atoms with Crippen molar-refractivity contribution < 1.29 is 14.6 Å². The lowest BCUT2D eigenvalue weighted by molar-refractivity contribution is -0.136. The molecule has 15 heavy (non-hydrogen) atoms. The van der Waals surface area contributed by atoms with E-state index in [9.17, 15) is 14.8 Å². The maximum atomic E-state index is 11.0. The van der Waals surface area contributed by atoms with Gasteiger partial charge in [-0.1, -0.05) is 30.3 Å². The Morgan fingerprint density at radius 2 is 1.93 bits per heavy atom. The second-order valence-corrected chi connectivity index (χ2v) is 2.65. The smallest absolute Gasteiger partial charge is 0.364 e. The largest absolute Gasteiger partial charge is 0.505 e. The first-order valence-electron chi connectivity index (χ1n) is 4.11. The minimum atomic E-state index is -0.966. The highest BCUT2D eigenvalue weighted by atomic mass is 16.5. The fraction of sp³-hybridized carbons (Fsp3) is 0.100. The van der Waals surface area contributed by atoms with Crippen LogP contribution in [0.25, 0.3) is 5.76 Å². The number of rotatable bonds is 3. The maximum absolute atomic E-state index is 11.0. The summed E-state index contributed by atoms with van der Waals surface area (Å²) in [6, 6.07) is 8.15. The third-order valence-electron chi connectivity index (χ3n) is 1.74. The Morgan fingerprint density at radius 1 is 1.33 bits per heavy atom. The van der Waals surface area contributed by atoms with Crippen LogP contribution in [-0.4, -0.2) is 18.2 Å². The van der Waals surface area contributed by atoms with E-state index < -0.39 is 17.4 Å². The van der Waals surface area contributed by atoms with E-state index in [2.05, 4.69) is 9.91 Å². The van der Waals surface area contributed by atoms with Gasteiger partial charge in [0.05, 0.1) is 7.11 Å². The number of benzene rings is 1. The van der Waals surface area contributed by atoms with Gasteiger partial charge in [-0.25, -0.2) is 4.79 Å². The molecule has 5 nitrogen and oxygen atoms in total. The van der Waals surface area contributed by atoms with E-state index in [4.69, 9.17) is 0 Å². The Morgan fingerprint density at radius 3 is 2.40 bits per heavy atom. The number of methoxy groups -OCH3 is 1. The monoisotopic (exact) mass is 207 g/mol. The summed E-state index contributed by atoms with van der Waals surface area (Å²) in [5, 5.41) is 12.0. The highest BCUT2D eigenvalue weighted by molar-refractivity contribution is 5.95. The van der Waals surface area contributed by atoms with Crippen molar-refractivity contribution in [2.24, 2.45) is 5.18 Å². The van der Waals surface area contributed by atoms with Gasteiger partial charge in [-0.05, 0) is 5.18 Å². The van der Waals surface area contributed by atoms with Crippen LogP contribution >= 0.6 is 0 Å². The van der Waals surface area contributed by atoms with Crippen LogP contribution in [0.15, 0.2) is 41.2 Å². The van der Waals surface area contributed by atoms with Crippen molar-refractivity contribution in [1.29, 1.82) is 0 Å². The van der Waals surface area contributed by atoms with Crippen molar-refractivity contribution in [3.05, 3.63) is 46.5 Å². The summed E-state index contributed by atoms with van der Waals surface area (Å²) >= 11 is 0. The highest BCUT2D eigenvalue weighted by Gasteiger charge is 2.17. The normalized spacial score (nSPS) is 11.5. The zero-order valence-electron chi connectivity index (χ0n) is 8.01. The van der Waals surface area contributed by atoms with Gasteiger partial charge >= 0.3 is 5.97 Å². The van der Waals surface area contributed by atoms with Crippen molar-refractivity contribution in [3.63, 3.8) is 0 Å². The van der Waals surface area contributed by atoms with Crippen molar-refractivity contribution in [2.75, 3.05) is 7.11 Å². The van der Waals surface area contributed by atoms with Gasteiger partial charge in [0.25, 0.3) is 0 Å². The lowest BCUT2D eigenvalue weighted by Gasteiger charge is -2.01. The molecule has 0 fully saturated rings. The van der Waals surface area contributed by atoms with Crippen LogP contribution in [0.5, 0.6) is 0 Å². The summed E-state index contributed by atoms with van der Waals surface area (Å²) in [5.74, 6) is -1.45. The fourth-order valence-corrected chi connectivity index (χ4v) is 1.01. The van der Waals surface area contributed by atoms with Gasteiger partial charge in [-0.15, -0.1) is 4.91 Å². The molecule has 0 bridgehead atoms. The molecular formula is C10H9NO4. The number of aliphatic hydroxyl groups excluding tert-OH is 1. The molecule has 1 rings (SSSR count). The van der Waals surface area contributed by atoms with Gasteiger partial charge < -0.3 is 9.84 Å². The zero-order valence-corrected chi connectivity index (χ0v) is 8.01. The van der Waals surface area contributed by atoms with Crippen molar-refractivity contribution in [3.8, 4) is 0 Å². The van der Waals surface area contributed by atoms with Crippen molar-refractivity contribution >= 4 is 11.7 Å². The molecule has 5 heteroatoms. The standard InChI is InChI=1S/C10H9NO4/c1-15-10(13)8(11-14)9(12)7-5-3-2-4-6-7/h2-6,12H,1H3/b9-8+. The van der Waals surface area contributed by atoms with Gasteiger partial charge in [0.15, 0.2) is 5.76 Å². The molecule has 0 amide bonds. The van der Waals surface area contributed by atoms with Gasteiger partial charge in [0.2, 0.25) is 5.70 Å². The van der Waals surface area contributed by atoms with Crippen LogP contribution < -0.4 is 0 Å². The van der Waals surface area contributed by atoms with Gasteiger partial charge in [0, 0.05) is 5.56 Å². The van der Waals surface area contributed by atoms with Crippen LogP contribution in [0.2, 0.25) is 0 Å². The number of nitroso groups, excluding NO2 is 1. The minimum absolute atomic E-state index is 0.331.